The molecule has 1 aromatic carbocycles. The van der Waals surface area contributed by atoms with E-state index in [0.717, 1.165) is 17.7 Å². The number of unbranched alkanes of at least 4 members (excludes halogenated alkanes) is 10. The number of hydrogen-bond donors (Lipinski definition) is 2. The van der Waals surface area contributed by atoms with Crippen molar-refractivity contribution in [2.75, 3.05) is 19.8 Å². The van der Waals surface area contributed by atoms with Crippen LogP contribution in [0.5, 0.6) is 5.75 Å². The summed E-state index contributed by atoms with van der Waals surface area (Å²) in [6.07, 6.45) is 9.97. The van der Waals surface area contributed by atoms with Crippen molar-refractivity contribution >= 4 is 17.8 Å². The Balaban J connectivity index is 1.08. The SMILES string of the molecule is CCCCCCCCCCCCCOc1ccc(C(=O)OCCN2C(=O)C3C4OC(C(O)C4O)C3C2=O)cc1. The zero-order valence-corrected chi connectivity index (χ0v) is 23.0. The molecule has 216 valence electrons. The van der Waals surface area contributed by atoms with Crippen molar-refractivity contribution in [1.82, 2.24) is 4.90 Å². The Morgan fingerprint density at radius 2 is 1.31 bits per heavy atom. The van der Waals surface area contributed by atoms with Gasteiger partial charge in [0.2, 0.25) is 11.8 Å². The summed E-state index contributed by atoms with van der Waals surface area (Å²) in [7, 11) is 0. The fourth-order valence-corrected chi connectivity index (χ4v) is 5.97. The van der Waals surface area contributed by atoms with Crippen LogP contribution in [-0.2, 0) is 19.1 Å². The van der Waals surface area contributed by atoms with Crippen LogP contribution in [0.4, 0.5) is 0 Å². The van der Waals surface area contributed by atoms with Crippen LogP contribution >= 0.6 is 0 Å². The predicted octanol–water partition coefficient (Wildman–Crippen LogP) is 3.64. The lowest BCUT2D eigenvalue weighted by molar-refractivity contribution is -0.143. The van der Waals surface area contributed by atoms with Gasteiger partial charge < -0.3 is 24.4 Å². The van der Waals surface area contributed by atoms with Crippen molar-refractivity contribution < 1.29 is 38.8 Å². The van der Waals surface area contributed by atoms with Gasteiger partial charge in [-0.15, -0.1) is 0 Å². The Morgan fingerprint density at radius 3 is 1.85 bits per heavy atom. The molecule has 2 bridgehead atoms. The highest BCUT2D eigenvalue weighted by molar-refractivity contribution is 6.06. The number of ether oxygens (including phenoxy) is 3. The van der Waals surface area contributed by atoms with Gasteiger partial charge in [-0.2, -0.15) is 0 Å². The number of likely N-dealkylation sites (tertiary alicyclic amines) is 1. The molecule has 3 heterocycles. The molecule has 39 heavy (non-hydrogen) atoms. The number of aliphatic hydroxyl groups excluding tert-OH is 2. The Kier molecular flexibility index (Phi) is 10.8. The van der Waals surface area contributed by atoms with E-state index in [1.807, 2.05) is 0 Å². The van der Waals surface area contributed by atoms with Crippen molar-refractivity contribution in [3.8, 4) is 5.75 Å². The molecule has 0 saturated carbocycles. The minimum atomic E-state index is -1.18. The number of fused-ring (bicyclic) bond motifs is 5. The Labute approximate surface area is 230 Å². The second-order valence-corrected chi connectivity index (χ2v) is 11.0. The van der Waals surface area contributed by atoms with E-state index in [9.17, 15) is 24.6 Å². The Hall–Kier alpha value is -2.49. The zero-order valence-electron chi connectivity index (χ0n) is 23.0. The van der Waals surface area contributed by atoms with Crippen molar-refractivity contribution in [2.45, 2.75) is 102 Å². The van der Waals surface area contributed by atoms with Crippen LogP contribution in [0.1, 0.15) is 87.9 Å². The van der Waals surface area contributed by atoms with Crippen LogP contribution in [0, 0.1) is 11.8 Å². The standard InChI is InChI=1S/C30H43NO8/c1-2-3-4-5-6-7-8-9-10-11-12-18-37-21-15-13-20(14-16-21)30(36)38-19-17-31-28(34)22-23(29(31)35)27-25(33)24(32)26(22)39-27/h13-16,22-27,32-33H,2-12,17-19H2,1H3. The normalized spacial score (nSPS) is 27.3. The van der Waals surface area contributed by atoms with Gasteiger partial charge >= 0.3 is 5.97 Å². The van der Waals surface area contributed by atoms with Crippen LogP contribution in [0.3, 0.4) is 0 Å². The number of benzene rings is 1. The summed E-state index contributed by atoms with van der Waals surface area (Å²) in [4.78, 5) is 38.9. The van der Waals surface area contributed by atoms with Crippen LogP contribution in [0.25, 0.3) is 0 Å². The van der Waals surface area contributed by atoms with Gasteiger partial charge in [0, 0.05) is 0 Å². The van der Waals surface area contributed by atoms with Gasteiger partial charge in [-0.05, 0) is 30.7 Å². The fraction of sp³-hybridized carbons (Fsp3) is 0.700. The third-order valence-corrected chi connectivity index (χ3v) is 8.19. The maximum Gasteiger partial charge on any atom is 0.338 e. The van der Waals surface area contributed by atoms with Gasteiger partial charge in [0.15, 0.2) is 0 Å². The molecule has 3 aliphatic heterocycles. The minimum absolute atomic E-state index is 0.0812. The number of amides is 2. The van der Waals surface area contributed by atoms with E-state index in [-0.39, 0.29) is 13.2 Å². The molecule has 0 aromatic heterocycles. The molecule has 6 unspecified atom stereocenters. The summed E-state index contributed by atoms with van der Waals surface area (Å²) in [6, 6.07) is 6.73. The molecule has 6 atom stereocenters. The van der Waals surface area contributed by atoms with Crippen LogP contribution in [0.2, 0.25) is 0 Å². The van der Waals surface area contributed by atoms with Gasteiger partial charge in [-0.1, -0.05) is 71.1 Å². The van der Waals surface area contributed by atoms with Crippen molar-refractivity contribution in [2.24, 2.45) is 11.8 Å². The fourth-order valence-electron chi connectivity index (χ4n) is 5.97. The smallest absolute Gasteiger partial charge is 0.338 e. The summed E-state index contributed by atoms with van der Waals surface area (Å²) in [5, 5.41) is 20.0. The highest BCUT2D eigenvalue weighted by Crippen LogP contribution is 2.48. The van der Waals surface area contributed by atoms with Crippen LogP contribution in [0.15, 0.2) is 24.3 Å². The van der Waals surface area contributed by atoms with E-state index in [0.29, 0.717) is 17.9 Å². The molecule has 3 aliphatic rings. The van der Waals surface area contributed by atoms with Gasteiger partial charge in [0.05, 0.1) is 42.8 Å². The molecule has 9 nitrogen and oxygen atoms in total. The molecule has 0 radical (unpaired) electrons. The number of carbonyl (C=O) groups excluding carboxylic acids is 3. The molecule has 2 N–H and O–H groups in total. The van der Waals surface area contributed by atoms with E-state index >= 15 is 0 Å². The lowest BCUT2D eigenvalue weighted by atomic mass is 9.78. The number of hydrogen-bond acceptors (Lipinski definition) is 8. The molecular weight excluding hydrogens is 502 g/mol. The van der Waals surface area contributed by atoms with Crippen LogP contribution in [-0.4, -0.2) is 77.1 Å². The van der Waals surface area contributed by atoms with Gasteiger partial charge in [-0.25, -0.2) is 4.79 Å². The molecule has 0 aliphatic carbocycles. The van der Waals surface area contributed by atoms with Gasteiger partial charge in [0.1, 0.15) is 24.6 Å². The maximum atomic E-state index is 12.7. The monoisotopic (exact) mass is 545 g/mol. The maximum absolute atomic E-state index is 12.7. The average molecular weight is 546 g/mol. The molecule has 4 rings (SSSR count). The summed E-state index contributed by atoms with van der Waals surface area (Å²) in [6.45, 7) is 2.66. The topological polar surface area (TPSA) is 123 Å². The van der Waals surface area contributed by atoms with Crippen LogP contribution < -0.4 is 4.74 Å². The van der Waals surface area contributed by atoms with E-state index in [1.54, 1.807) is 24.3 Å². The second-order valence-electron chi connectivity index (χ2n) is 11.0. The van der Waals surface area contributed by atoms with E-state index < -0.39 is 54.0 Å². The summed E-state index contributed by atoms with van der Waals surface area (Å²) in [5.74, 6) is -2.37. The summed E-state index contributed by atoms with van der Waals surface area (Å²) in [5.41, 5.74) is 0.352. The quantitative estimate of drug-likeness (QED) is 0.173. The van der Waals surface area contributed by atoms with Crippen molar-refractivity contribution in [1.29, 1.82) is 0 Å². The molecule has 3 fully saturated rings. The first-order valence-electron chi connectivity index (χ1n) is 14.7. The lowest BCUT2D eigenvalue weighted by Crippen LogP contribution is -2.47. The van der Waals surface area contributed by atoms with Gasteiger partial charge in [-0.3, -0.25) is 14.5 Å². The first kappa shape index (κ1) is 29.5. The number of aliphatic hydroxyl groups is 2. The highest BCUT2D eigenvalue weighted by atomic mass is 16.6. The van der Waals surface area contributed by atoms with E-state index in [2.05, 4.69) is 6.92 Å². The molecule has 2 amide bonds. The Morgan fingerprint density at radius 1 is 0.795 bits per heavy atom. The third-order valence-electron chi connectivity index (χ3n) is 8.19. The van der Waals surface area contributed by atoms with E-state index in [4.69, 9.17) is 14.2 Å². The Bertz CT molecular complexity index is 934. The first-order chi connectivity index (χ1) is 18.9. The highest BCUT2D eigenvalue weighted by Gasteiger charge is 2.68. The number of nitrogens with zero attached hydrogens (tertiary/aromatic N) is 1. The molecule has 3 saturated heterocycles. The average Bonchev–Trinajstić information content (AvgIpc) is 3.55. The largest absolute Gasteiger partial charge is 0.494 e. The third kappa shape index (κ3) is 6.99. The zero-order chi connectivity index (χ0) is 27.8. The predicted molar refractivity (Wildman–Crippen MR) is 143 cm³/mol. The van der Waals surface area contributed by atoms with Gasteiger partial charge in [0.25, 0.3) is 0 Å². The van der Waals surface area contributed by atoms with Crippen molar-refractivity contribution in [3.63, 3.8) is 0 Å². The summed E-state index contributed by atoms with van der Waals surface area (Å²) < 4.78 is 16.5. The molecule has 1 aromatic rings. The van der Waals surface area contributed by atoms with Crippen molar-refractivity contribution in [3.05, 3.63) is 29.8 Å². The number of rotatable bonds is 17. The number of imide groups is 1. The molecule has 0 spiro atoms. The summed E-state index contributed by atoms with van der Waals surface area (Å²) >= 11 is 0. The molecule has 9 heteroatoms. The number of esters is 1. The molecular formula is C30H43NO8. The minimum Gasteiger partial charge on any atom is -0.494 e. The first-order valence-corrected chi connectivity index (χ1v) is 14.7. The number of carbonyl (C=O) groups is 3. The second kappa shape index (κ2) is 14.2. The lowest BCUT2D eigenvalue weighted by Gasteiger charge is -2.25. The van der Waals surface area contributed by atoms with E-state index in [1.165, 1.54) is 57.8 Å².